The van der Waals surface area contributed by atoms with E-state index < -0.39 is 16.6 Å². The van der Waals surface area contributed by atoms with Gasteiger partial charge in [-0.25, -0.2) is 0 Å². The standard InChI is InChI=1S/C32H44O2Si2/c1-31(2,3)35(7,8)34-28(25-24-27-18-12-9-13-19-27)26-33-36(32(4,5)6,29-20-14-10-15-21-29)30-22-16-11-17-23-30/h9-25,28H,26H2,1-8H3/b25-24+/t28-/m0/s1. The van der Waals surface area contributed by atoms with E-state index in [-0.39, 0.29) is 16.2 Å². The van der Waals surface area contributed by atoms with E-state index in [1.807, 2.05) is 6.07 Å². The van der Waals surface area contributed by atoms with Gasteiger partial charge >= 0.3 is 0 Å². The summed E-state index contributed by atoms with van der Waals surface area (Å²) in [6.07, 6.45) is 4.24. The predicted molar refractivity (Wildman–Crippen MR) is 161 cm³/mol. The molecule has 3 aromatic carbocycles. The highest BCUT2D eigenvalue weighted by Gasteiger charge is 2.50. The molecular formula is C32H44O2Si2. The molecule has 4 heteroatoms. The molecule has 0 saturated carbocycles. The van der Waals surface area contributed by atoms with Gasteiger partial charge < -0.3 is 8.85 Å². The van der Waals surface area contributed by atoms with Gasteiger partial charge in [0.05, 0.1) is 12.7 Å². The Morgan fingerprint density at radius 1 is 0.667 bits per heavy atom. The van der Waals surface area contributed by atoms with Gasteiger partial charge in [0.1, 0.15) is 0 Å². The normalized spacial score (nSPS) is 14.2. The van der Waals surface area contributed by atoms with E-state index in [0.717, 1.165) is 0 Å². The molecule has 0 aliphatic carbocycles. The summed E-state index contributed by atoms with van der Waals surface area (Å²) in [6.45, 7) is 19.0. The lowest BCUT2D eigenvalue weighted by Crippen LogP contribution is -2.67. The second-order valence-electron chi connectivity index (χ2n) is 12.2. The van der Waals surface area contributed by atoms with Gasteiger partial charge in [-0.05, 0) is 39.1 Å². The molecule has 3 rings (SSSR count). The summed E-state index contributed by atoms with van der Waals surface area (Å²) in [5.74, 6) is 0. The highest BCUT2D eigenvalue weighted by molar-refractivity contribution is 6.99. The van der Waals surface area contributed by atoms with Gasteiger partial charge in [0.25, 0.3) is 8.32 Å². The molecule has 0 aliphatic heterocycles. The fourth-order valence-electron chi connectivity index (χ4n) is 4.44. The van der Waals surface area contributed by atoms with Crippen LogP contribution in [-0.4, -0.2) is 29.3 Å². The molecule has 0 radical (unpaired) electrons. The van der Waals surface area contributed by atoms with E-state index in [4.69, 9.17) is 8.85 Å². The van der Waals surface area contributed by atoms with E-state index in [2.05, 4.69) is 152 Å². The molecule has 0 aromatic heterocycles. The largest absolute Gasteiger partial charge is 0.408 e. The molecule has 2 nitrogen and oxygen atoms in total. The van der Waals surface area contributed by atoms with Crippen LogP contribution in [0.15, 0.2) is 97.1 Å². The predicted octanol–water partition coefficient (Wildman–Crippen LogP) is 7.67. The molecule has 3 aromatic rings. The van der Waals surface area contributed by atoms with Crippen molar-refractivity contribution < 1.29 is 8.85 Å². The zero-order valence-corrected chi connectivity index (χ0v) is 25.4. The van der Waals surface area contributed by atoms with Gasteiger partial charge in [-0.3, -0.25) is 0 Å². The molecular weight excluding hydrogens is 473 g/mol. The Morgan fingerprint density at radius 3 is 1.53 bits per heavy atom. The van der Waals surface area contributed by atoms with Crippen LogP contribution in [0.25, 0.3) is 6.08 Å². The molecule has 36 heavy (non-hydrogen) atoms. The minimum atomic E-state index is -2.64. The smallest absolute Gasteiger partial charge is 0.261 e. The van der Waals surface area contributed by atoms with Gasteiger partial charge in [-0.1, -0.05) is 145 Å². The Hall–Kier alpha value is -2.25. The maximum atomic E-state index is 7.26. The first-order valence-corrected chi connectivity index (χ1v) is 17.8. The van der Waals surface area contributed by atoms with Crippen molar-refractivity contribution in [2.24, 2.45) is 0 Å². The Kier molecular flexibility index (Phi) is 8.99. The molecule has 0 bridgehead atoms. The van der Waals surface area contributed by atoms with Gasteiger partial charge in [0.15, 0.2) is 8.32 Å². The summed E-state index contributed by atoms with van der Waals surface area (Å²) in [5, 5.41) is 2.63. The average Bonchev–Trinajstić information content (AvgIpc) is 2.83. The molecule has 1 atom stereocenters. The van der Waals surface area contributed by atoms with Crippen molar-refractivity contribution in [2.45, 2.75) is 70.8 Å². The summed E-state index contributed by atoms with van der Waals surface area (Å²) in [7, 11) is -4.66. The van der Waals surface area contributed by atoms with Gasteiger partial charge in [-0.2, -0.15) is 0 Å². The number of benzene rings is 3. The lowest BCUT2D eigenvalue weighted by atomic mass is 10.2. The van der Waals surface area contributed by atoms with Crippen LogP contribution >= 0.6 is 0 Å². The van der Waals surface area contributed by atoms with Crippen molar-refractivity contribution in [3.63, 3.8) is 0 Å². The summed E-state index contributed by atoms with van der Waals surface area (Å²) >= 11 is 0. The first-order chi connectivity index (χ1) is 16.9. The second kappa shape index (κ2) is 11.4. The number of hydrogen-bond donors (Lipinski definition) is 0. The third-order valence-corrected chi connectivity index (χ3v) is 16.9. The molecule has 0 amide bonds. The first kappa shape index (κ1) is 28.3. The van der Waals surface area contributed by atoms with Gasteiger partial charge in [-0.15, -0.1) is 0 Å². The SMILES string of the molecule is CC(C)(C)[Si](C)(C)O[C@@H](/C=C/c1ccccc1)CO[Si](c1ccccc1)(c1ccccc1)C(C)(C)C. The lowest BCUT2D eigenvalue weighted by Gasteiger charge is -2.44. The minimum Gasteiger partial charge on any atom is -0.408 e. The maximum absolute atomic E-state index is 7.26. The summed E-state index contributed by atoms with van der Waals surface area (Å²) in [4.78, 5) is 0. The van der Waals surface area contributed by atoms with Crippen molar-refractivity contribution in [1.82, 2.24) is 0 Å². The van der Waals surface area contributed by atoms with Gasteiger partial charge in [0.2, 0.25) is 0 Å². The van der Waals surface area contributed by atoms with Crippen LogP contribution in [0, 0.1) is 0 Å². The van der Waals surface area contributed by atoms with Crippen molar-refractivity contribution in [2.75, 3.05) is 6.61 Å². The summed E-state index contributed by atoms with van der Waals surface area (Å²) < 4.78 is 14.2. The third kappa shape index (κ3) is 6.54. The fraction of sp³-hybridized carbons (Fsp3) is 0.375. The third-order valence-electron chi connectivity index (χ3n) is 7.44. The second-order valence-corrected chi connectivity index (χ2v) is 21.2. The Bertz CT molecular complexity index is 1060. The van der Waals surface area contributed by atoms with Crippen LogP contribution in [0.4, 0.5) is 0 Å². The van der Waals surface area contributed by atoms with E-state index in [9.17, 15) is 0 Å². The van der Waals surface area contributed by atoms with E-state index in [0.29, 0.717) is 6.61 Å². The van der Waals surface area contributed by atoms with Crippen LogP contribution in [0.2, 0.25) is 23.2 Å². The topological polar surface area (TPSA) is 18.5 Å². The van der Waals surface area contributed by atoms with Crippen LogP contribution in [0.5, 0.6) is 0 Å². The number of hydrogen-bond acceptors (Lipinski definition) is 2. The minimum absolute atomic E-state index is 0.0691. The molecule has 0 N–H and O–H groups in total. The molecule has 0 aliphatic rings. The average molecular weight is 517 g/mol. The monoisotopic (exact) mass is 516 g/mol. The van der Waals surface area contributed by atoms with Gasteiger partial charge in [0, 0.05) is 0 Å². The highest BCUT2D eigenvalue weighted by atomic mass is 28.4. The fourth-order valence-corrected chi connectivity index (χ4v) is 10.3. The zero-order chi connectivity index (χ0) is 26.5. The van der Waals surface area contributed by atoms with E-state index >= 15 is 0 Å². The Morgan fingerprint density at radius 2 is 1.11 bits per heavy atom. The van der Waals surface area contributed by atoms with E-state index in [1.165, 1.54) is 15.9 Å². The Balaban J connectivity index is 2.04. The van der Waals surface area contributed by atoms with Crippen molar-refractivity contribution >= 4 is 33.1 Å². The van der Waals surface area contributed by atoms with Crippen LogP contribution in [-0.2, 0) is 8.85 Å². The van der Waals surface area contributed by atoms with Crippen LogP contribution in [0.1, 0.15) is 47.1 Å². The number of rotatable bonds is 9. The molecule has 0 heterocycles. The Labute approximate surface area is 221 Å². The molecule has 0 spiro atoms. The molecule has 0 unspecified atom stereocenters. The van der Waals surface area contributed by atoms with E-state index in [1.54, 1.807) is 0 Å². The van der Waals surface area contributed by atoms with Crippen molar-refractivity contribution in [3.8, 4) is 0 Å². The van der Waals surface area contributed by atoms with Crippen molar-refractivity contribution in [1.29, 1.82) is 0 Å². The zero-order valence-electron chi connectivity index (χ0n) is 23.4. The summed E-state index contributed by atoms with van der Waals surface area (Å²) in [6, 6.07) is 32.1. The van der Waals surface area contributed by atoms with Crippen molar-refractivity contribution in [3.05, 3.63) is 103 Å². The molecule has 0 saturated heterocycles. The van der Waals surface area contributed by atoms with Crippen LogP contribution < -0.4 is 10.4 Å². The summed E-state index contributed by atoms with van der Waals surface area (Å²) in [5.41, 5.74) is 1.17. The maximum Gasteiger partial charge on any atom is 0.261 e. The molecule has 192 valence electrons. The first-order valence-electron chi connectivity index (χ1n) is 13.0. The lowest BCUT2D eigenvalue weighted by molar-refractivity contribution is 0.144. The quantitative estimate of drug-likeness (QED) is 0.272. The van der Waals surface area contributed by atoms with Crippen LogP contribution in [0.3, 0.4) is 0 Å². The molecule has 0 fully saturated rings. The highest BCUT2D eigenvalue weighted by Crippen LogP contribution is 2.39.